The van der Waals surface area contributed by atoms with Crippen LogP contribution in [0.4, 0.5) is 0 Å². The Morgan fingerprint density at radius 2 is 1.78 bits per heavy atom. The summed E-state index contributed by atoms with van der Waals surface area (Å²) in [5.41, 5.74) is 1.16. The number of nitriles is 2. The van der Waals surface area contributed by atoms with Crippen molar-refractivity contribution in [3.63, 3.8) is 0 Å². The van der Waals surface area contributed by atoms with Crippen LogP contribution < -0.4 is 18.9 Å². The van der Waals surface area contributed by atoms with Crippen molar-refractivity contribution in [1.82, 2.24) is 0 Å². The van der Waals surface area contributed by atoms with Crippen molar-refractivity contribution in [3.05, 3.63) is 16.7 Å². The largest absolute Gasteiger partial charge is 0.492 e. The van der Waals surface area contributed by atoms with Crippen LogP contribution in [-0.4, -0.2) is 26.4 Å². The van der Waals surface area contributed by atoms with Crippen LogP contribution in [0.5, 0.6) is 23.0 Å². The molecule has 1 aromatic carbocycles. The van der Waals surface area contributed by atoms with Gasteiger partial charge in [0.2, 0.25) is 18.3 Å². The van der Waals surface area contributed by atoms with Crippen molar-refractivity contribution in [1.29, 1.82) is 10.5 Å². The van der Waals surface area contributed by atoms with Gasteiger partial charge in [-0.05, 0) is 19.4 Å². The lowest BCUT2D eigenvalue weighted by atomic mass is 9.97. The first kappa shape index (κ1) is 16.8. The highest BCUT2D eigenvalue weighted by Gasteiger charge is 2.31. The van der Waals surface area contributed by atoms with Gasteiger partial charge < -0.3 is 18.9 Å². The molecule has 0 aromatic heterocycles. The van der Waals surface area contributed by atoms with Crippen LogP contribution in [0.15, 0.2) is 5.57 Å². The third kappa shape index (κ3) is 3.13. The summed E-state index contributed by atoms with van der Waals surface area (Å²) in [6.07, 6.45) is 1.88. The van der Waals surface area contributed by atoms with Gasteiger partial charge >= 0.3 is 0 Å². The molecule has 1 heterocycles. The molecule has 0 amide bonds. The summed E-state index contributed by atoms with van der Waals surface area (Å²) in [6.45, 7) is 1.87. The lowest BCUT2D eigenvalue weighted by Gasteiger charge is -2.18. The van der Waals surface area contributed by atoms with E-state index < -0.39 is 0 Å². The van der Waals surface area contributed by atoms with E-state index in [4.69, 9.17) is 41.1 Å². The van der Waals surface area contributed by atoms with Gasteiger partial charge in [-0.2, -0.15) is 10.5 Å². The number of benzene rings is 1. The zero-order valence-corrected chi connectivity index (χ0v) is 13.7. The minimum absolute atomic E-state index is 0.0362. The van der Waals surface area contributed by atoms with E-state index in [1.54, 1.807) is 0 Å². The molecule has 1 unspecified atom stereocenters. The van der Waals surface area contributed by atoms with Gasteiger partial charge in [0, 0.05) is 16.5 Å². The molecule has 1 aromatic rings. The van der Waals surface area contributed by atoms with Crippen LogP contribution in [0, 0.1) is 22.7 Å². The van der Waals surface area contributed by atoms with E-state index in [0.717, 1.165) is 0 Å². The van der Waals surface area contributed by atoms with Gasteiger partial charge in [-0.1, -0.05) is 0 Å². The molecule has 2 rings (SSSR count). The molecule has 6 nitrogen and oxygen atoms in total. The highest BCUT2D eigenvalue weighted by Crippen LogP contribution is 2.53. The Kier molecular flexibility index (Phi) is 5.20. The number of ether oxygens (including phenoxy) is 4. The van der Waals surface area contributed by atoms with Crippen molar-refractivity contribution < 1.29 is 18.9 Å². The summed E-state index contributed by atoms with van der Waals surface area (Å²) in [5, 5.41) is 17.9. The van der Waals surface area contributed by atoms with Crippen LogP contribution in [0.3, 0.4) is 0 Å². The maximum atomic E-state index is 9.05. The molecule has 7 heteroatoms. The summed E-state index contributed by atoms with van der Waals surface area (Å²) in [7, 11) is 2.99. The second-order valence-electron chi connectivity index (χ2n) is 4.79. The van der Waals surface area contributed by atoms with E-state index in [1.165, 1.54) is 20.3 Å². The number of hydrogen-bond acceptors (Lipinski definition) is 6. The topological polar surface area (TPSA) is 84.5 Å². The summed E-state index contributed by atoms with van der Waals surface area (Å²) in [4.78, 5) is 0. The van der Waals surface area contributed by atoms with Gasteiger partial charge in [-0.15, -0.1) is 11.6 Å². The number of methoxy groups -OCH3 is 2. The summed E-state index contributed by atoms with van der Waals surface area (Å²) >= 11 is 6.14. The Balaban J connectivity index is 2.83. The molecule has 0 radical (unpaired) electrons. The molecular weight excluding hydrogens is 320 g/mol. The number of alkyl halides is 1. The molecule has 1 atom stereocenters. The van der Waals surface area contributed by atoms with E-state index in [2.05, 4.69) is 0 Å². The van der Waals surface area contributed by atoms with Crippen LogP contribution in [0.2, 0.25) is 0 Å². The minimum Gasteiger partial charge on any atom is -0.492 e. The number of nitrogens with zero attached hydrogens (tertiary/aromatic N) is 2. The molecule has 120 valence electrons. The molecule has 0 spiro atoms. The van der Waals surface area contributed by atoms with Crippen molar-refractivity contribution in [2.24, 2.45) is 0 Å². The molecule has 0 saturated carbocycles. The molecule has 1 aliphatic rings. The second-order valence-corrected chi connectivity index (χ2v) is 5.54. The molecule has 0 bridgehead atoms. The number of hydrogen-bond donors (Lipinski definition) is 0. The van der Waals surface area contributed by atoms with Gasteiger partial charge in [0.1, 0.15) is 17.7 Å². The van der Waals surface area contributed by atoms with Crippen LogP contribution in [0.1, 0.15) is 18.1 Å². The minimum atomic E-state index is -0.200. The van der Waals surface area contributed by atoms with Gasteiger partial charge in [-0.25, -0.2) is 0 Å². The second kappa shape index (κ2) is 7.13. The summed E-state index contributed by atoms with van der Waals surface area (Å²) < 4.78 is 21.8. The third-order valence-corrected chi connectivity index (χ3v) is 3.45. The van der Waals surface area contributed by atoms with Gasteiger partial charge in [0.25, 0.3) is 0 Å². The number of halogens is 1. The highest BCUT2D eigenvalue weighted by atomic mass is 35.5. The van der Waals surface area contributed by atoms with Gasteiger partial charge in [0.15, 0.2) is 11.5 Å². The zero-order valence-electron chi connectivity index (χ0n) is 13.0. The van der Waals surface area contributed by atoms with E-state index >= 15 is 0 Å². The molecule has 0 saturated heterocycles. The first-order valence-electron chi connectivity index (χ1n) is 6.79. The lowest BCUT2D eigenvalue weighted by molar-refractivity contribution is 0.168. The first-order chi connectivity index (χ1) is 11.1. The fraction of sp³-hybridized carbons (Fsp3) is 0.375. The predicted molar refractivity (Wildman–Crippen MR) is 83.9 cm³/mol. The smallest absolute Gasteiger partial charge is 0.231 e. The summed E-state index contributed by atoms with van der Waals surface area (Å²) in [5.74, 6) is 1.67. The van der Waals surface area contributed by atoms with Crippen molar-refractivity contribution in [3.8, 4) is 35.1 Å². The fourth-order valence-electron chi connectivity index (χ4n) is 2.42. The standard InChI is InChI=1S/C16H15ClN2O4/c1-9(17)4-11-12(5-10(6-18)7-19)14(21-3)16-15(13(11)20-2)22-8-23-16/h5,9H,4,8H2,1-3H3. The Morgan fingerprint density at radius 3 is 2.26 bits per heavy atom. The molecule has 1 aliphatic heterocycles. The van der Waals surface area contributed by atoms with Gasteiger partial charge in [-0.3, -0.25) is 0 Å². The predicted octanol–water partition coefficient (Wildman–Crippen LogP) is 3.03. The molecule has 23 heavy (non-hydrogen) atoms. The average Bonchev–Trinajstić information content (AvgIpc) is 3.00. The maximum absolute atomic E-state index is 9.05. The third-order valence-electron chi connectivity index (χ3n) is 3.29. The normalized spacial score (nSPS) is 12.8. The highest BCUT2D eigenvalue weighted by molar-refractivity contribution is 6.20. The Labute approximate surface area is 139 Å². The summed E-state index contributed by atoms with van der Waals surface area (Å²) in [6, 6.07) is 3.67. The van der Waals surface area contributed by atoms with Gasteiger partial charge in [0.05, 0.1) is 14.2 Å². The van der Waals surface area contributed by atoms with Crippen molar-refractivity contribution in [2.45, 2.75) is 18.7 Å². The van der Waals surface area contributed by atoms with E-state index in [9.17, 15) is 0 Å². The Hall–Kier alpha value is -2.57. The molecule has 0 fully saturated rings. The lowest BCUT2D eigenvalue weighted by Crippen LogP contribution is -2.05. The monoisotopic (exact) mass is 334 g/mol. The fourth-order valence-corrected chi connectivity index (χ4v) is 2.58. The molecular formula is C16H15ClN2O4. The molecule has 0 N–H and O–H groups in total. The maximum Gasteiger partial charge on any atom is 0.231 e. The SMILES string of the molecule is COc1c(C=C(C#N)C#N)c(CC(C)Cl)c(OC)c2c1OCO2. The zero-order chi connectivity index (χ0) is 17.0. The average molecular weight is 335 g/mol. The Bertz CT molecular complexity index is 713. The first-order valence-corrected chi connectivity index (χ1v) is 7.23. The number of fused-ring (bicyclic) bond motifs is 1. The van der Waals surface area contributed by atoms with Crippen molar-refractivity contribution in [2.75, 3.05) is 21.0 Å². The van der Waals surface area contributed by atoms with Crippen molar-refractivity contribution >= 4 is 17.7 Å². The Morgan fingerprint density at radius 1 is 1.22 bits per heavy atom. The van der Waals surface area contributed by atoms with Crippen LogP contribution in [-0.2, 0) is 6.42 Å². The number of allylic oxidation sites excluding steroid dienone is 1. The van der Waals surface area contributed by atoms with Crippen LogP contribution in [0.25, 0.3) is 6.08 Å². The quantitative estimate of drug-likeness (QED) is 0.608. The van der Waals surface area contributed by atoms with E-state index in [-0.39, 0.29) is 17.7 Å². The molecule has 0 aliphatic carbocycles. The van der Waals surface area contributed by atoms with E-state index in [0.29, 0.717) is 40.5 Å². The van der Waals surface area contributed by atoms with E-state index in [1.807, 2.05) is 19.1 Å². The number of rotatable bonds is 5. The van der Waals surface area contributed by atoms with Crippen LogP contribution >= 0.6 is 11.6 Å².